The fourth-order valence-corrected chi connectivity index (χ4v) is 2.97. The summed E-state index contributed by atoms with van der Waals surface area (Å²) in [5, 5.41) is 18.1. The van der Waals surface area contributed by atoms with E-state index >= 15 is 0 Å². The highest BCUT2D eigenvalue weighted by molar-refractivity contribution is 7.89. The number of nitrogens with one attached hydrogen (secondary N) is 1. The first-order chi connectivity index (χ1) is 9.49. The van der Waals surface area contributed by atoms with Crippen LogP contribution in [0.1, 0.15) is 6.92 Å². The van der Waals surface area contributed by atoms with Crippen LogP contribution in [-0.4, -0.2) is 45.9 Å². The summed E-state index contributed by atoms with van der Waals surface area (Å²) in [6, 6.07) is -1.82. The summed E-state index contributed by atoms with van der Waals surface area (Å²) in [4.78, 5) is 33.4. The molecule has 1 rings (SSSR count). The van der Waals surface area contributed by atoms with Crippen LogP contribution < -0.4 is 16.0 Å². The SMILES string of the molecule is C[C@@H](O)[C@H](NS(=O)(=O)c1cn(C)c(=O)n(C)c1=O)C(=O)O. The Kier molecular flexibility index (Phi) is 4.71. The van der Waals surface area contributed by atoms with Crippen LogP contribution >= 0.6 is 0 Å². The highest BCUT2D eigenvalue weighted by Crippen LogP contribution is 2.04. The van der Waals surface area contributed by atoms with E-state index in [1.807, 2.05) is 0 Å². The minimum atomic E-state index is -4.53. The first kappa shape index (κ1) is 17.1. The van der Waals surface area contributed by atoms with Gasteiger partial charge in [-0.1, -0.05) is 0 Å². The van der Waals surface area contributed by atoms with E-state index < -0.39 is 44.3 Å². The molecule has 0 amide bonds. The number of aliphatic hydroxyl groups is 1. The lowest BCUT2D eigenvalue weighted by Gasteiger charge is -2.17. The summed E-state index contributed by atoms with van der Waals surface area (Å²) in [6.07, 6.45) is -0.734. The molecule has 118 valence electrons. The van der Waals surface area contributed by atoms with Crippen LogP contribution in [0, 0.1) is 0 Å². The molecule has 0 fully saturated rings. The van der Waals surface area contributed by atoms with Crippen LogP contribution in [0.4, 0.5) is 0 Å². The van der Waals surface area contributed by atoms with E-state index in [-0.39, 0.29) is 0 Å². The van der Waals surface area contributed by atoms with Gasteiger partial charge in [0.05, 0.1) is 6.10 Å². The van der Waals surface area contributed by atoms with E-state index in [0.717, 1.165) is 24.7 Å². The molecular formula is C10H15N3O7S. The highest BCUT2D eigenvalue weighted by atomic mass is 32.2. The van der Waals surface area contributed by atoms with Gasteiger partial charge >= 0.3 is 11.7 Å². The maximum absolute atomic E-state index is 12.1. The van der Waals surface area contributed by atoms with Gasteiger partial charge in [0.1, 0.15) is 6.04 Å². The molecule has 0 aliphatic carbocycles. The molecule has 0 aliphatic heterocycles. The number of sulfonamides is 1. The van der Waals surface area contributed by atoms with Crippen LogP contribution in [0.3, 0.4) is 0 Å². The van der Waals surface area contributed by atoms with Gasteiger partial charge in [-0.05, 0) is 6.92 Å². The Balaban J connectivity index is 3.43. The molecule has 0 saturated carbocycles. The standard InChI is InChI=1S/C10H15N3O7S/c1-5(14)7(9(16)17)11-21(19,20)6-4-12(2)10(18)13(3)8(6)15/h4-5,7,11,14H,1-3H3,(H,16,17)/t5-,7+/m1/s1. The van der Waals surface area contributed by atoms with Crippen molar-refractivity contribution >= 4 is 16.0 Å². The number of nitrogens with zero attached hydrogens (tertiary/aromatic N) is 2. The summed E-state index contributed by atoms with van der Waals surface area (Å²) >= 11 is 0. The lowest BCUT2D eigenvalue weighted by atomic mass is 10.2. The molecular weight excluding hydrogens is 306 g/mol. The van der Waals surface area contributed by atoms with Crippen molar-refractivity contribution in [2.24, 2.45) is 14.1 Å². The number of aryl methyl sites for hydroxylation is 1. The minimum absolute atomic E-state index is 0.576. The Morgan fingerprint density at radius 2 is 1.86 bits per heavy atom. The molecule has 21 heavy (non-hydrogen) atoms. The van der Waals surface area contributed by atoms with Crippen molar-refractivity contribution in [2.75, 3.05) is 0 Å². The number of hydrogen-bond acceptors (Lipinski definition) is 6. The van der Waals surface area contributed by atoms with E-state index in [0.29, 0.717) is 4.57 Å². The predicted octanol–water partition coefficient (Wildman–Crippen LogP) is -2.80. The fraction of sp³-hybridized carbons (Fsp3) is 0.500. The Morgan fingerprint density at radius 3 is 2.29 bits per heavy atom. The first-order valence-corrected chi connectivity index (χ1v) is 7.17. The third-order valence-electron chi connectivity index (χ3n) is 2.74. The molecule has 0 aliphatic rings. The molecule has 10 nitrogen and oxygen atoms in total. The van der Waals surface area contributed by atoms with Crippen molar-refractivity contribution in [2.45, 2.75) is 24.0 Å². The van der Waals surface area contributed by atoms with Crippen LogP contribution in [0.15, 0.2) is 20.7 Å². The van der Waals surface area contributed by atoms with Crippen LogP contribution in [0.5, 0.6) is 0 Å². The fourth-order valence-electron chi connectivity index (χ4n) is 1.55. The molecule has 2 atom stereocenters. The van der Waals surface area contributed by atoms with E-state index in [2.05, 4.69) is 0 Å². The van der Waals surface area contributed by atoms with Crippen molar-refractivity contribution in [1.82, 2.24) is 13.9 Å². The maximum atomic E-state index is 12.1. The average molecular weight is 321 g/mol. The molecule has 1 heterocycles. The molecule has 0 bridgehead atoms. The minimum Gasteiger partial charge on any atom is -0.480 e. The van der Waals surface area contributed by atoms with Gasteiger partial charge in [-0.25, -0.2) is 13.2 Å². The smallest absolute Gasteiger partial charge is 0.330 e. The van der Waals surface area contributed by atoms with Crippen molar-refractivity contribution in [3.8, 4) is 0 Å². The zero-order valence-corrected chi connectivity index (χ0v) is 12.3. The zero-order chi connectivity index (χ0) is 16.5. The summed E-state index contributed by atoms with van der Waals surface area (Å²) in [7, 11) is -2.20. The highest BCUT2D eigenvalue weighted by Gasteiger charge is 2.31. The van der Waals surface area contributed by atoms with Crippen LogP contribution in [0.2, 0.25) is 0 Å². The van der Waals surface area contributed by atoms with Gasteiger partial charge in [0.2, 0.25) is 10.0 Å². The number of hydrogen-bond donors (Lipinski definition) is 3. The summed E-state index contributed by atoms with van der Waals surface area (Å²) in [6.45, 7) is 1.08. The molecule has 11 heteroatoms. The molecule has 0 radical (unpaired) electrons. The second-order valence-electron chi connectivity index (χ2n) is 4.43. The summed E-state index contributed by atoms with van der Waals surface area (Å²) in [5.74, 6) is -1.60. The number of aliphatic carboxylic acids is 1. The summed E-state index contributed by atoms with van der Waals surface area (Å²) < 4.78 is 27.3. The first-order valence-electron chi connectivity index (χ1n) is 5.69. The van der Waals surface area contributed by atoms with Gasteiger partial charge < -0.3 is 14.8 Å². The molecule has 0 aromatic carbocycles. The lowest BCUT2D eigenvalue weighted by molar-refractivity contribution is -0.141. The average Bonchev–Trinajstić information content (AvgIpc) is 2.37. The molecule has 0 saturated heterocycles. The quantitative estimate of drug-likeness (QED) is 0.530. The zero-order valence-electron chi connectivity index (χ0n) is 11.5. The molecule has 3 N–H and O–H groups in total. The number of aliphatic hydroxyl groups excluding tert-OH is 1. The largest absolute Gasteiger partial charge is 0.480 e. The Bertz CT molecular complexity index is 775. The summed E-state index contributed by atoms with van der Waals surface area (Å²) in [5.41, 5.74) is -1.83. The number of carbonyl (C=O) groups is 1. The van der Waals surface area contributed by atoms with E-state index in [9.17, 15) is 27.9 Å². The molecule has 0 unspecified atom stereocenters. The Morgan fingerprint density at radius 1 is 1.33 bits per heavy atom. The van der Waals surface area contributed by atoms with Gasteiger partial charge in [-0.3, -0.25) is 14.2 Å². The number of carboxylic acid groups (broad SMARTS) is 1. The maximum Gasteiger partial charge on any atom is 0.330 e. The van der Waals surface area contributed by atoms with Gasteiger partial charge in [-0.2, -0.15) is 4.72 Å². The van der Waals surface area contributed by atoms with Gasteiger partial charge in [0.25, 0.3) is 5.56 Å². The van der Waals surface area contributed by atoms with Gasteiger partial charge in [-0.15, -0.1) is 0 Å². The molecule has 1 aromatic heterocycles. The normalized spacial score (nSPS) is 14.7. The number of rotatable bonds is 5. The topological polar surface area (TPSA) is 148 Å². The van der Waals surface area contributed by atoms with Gasteiger partial charge in [0.15, 0.2) is 4.90 Å². The number of carboxylic acids is 1. The van der Waals surface area contributed by atoms with E-state index in [4.69, 9.17) is 5.11 Å². The van der Waals surface area contributed by atoms with Crippen molar-refractivity contribution < 1.29 is 23.4 Å². The lowest BCUT2D eigenvalue weighted by Crippen LogP contribution is -2.49. The van der Waals surface area contributed by atoms with Crippen molar-refractivity contribution in [3.05, 3.63) is 27.0 Å². The van der Waals surface area contributed by atoms with Crippen molar-refractivity contribution in [1.29, 1.82) is 0 Å². The molecule has 1 aromatic rings. The predicted molar refractivity (Wildman–Crippen MR) is 70.4 cm³/mol. The van der Waals surface area contributed by atoms with Crippen LogP contribution in [0.25, 0.3) is 0 Å². The van der Waals surface area contributed by atoms with Gasteiger partial charge in [0, 0.05) is 20.3 Å². The Labute approximate surface area is 119 Å². The number of aromatic nitrogens is 2. The van der Waals surface area contributed by atoms with Crippen LogP contribution in [-0.2, 0) is 28.9 Å². The second-order valence-corrected chi connectivity index (χ2v) is 6.11. The van der Waals surface area contributed by atoms with E-state index in [1.165, 1.54) is 7.05 Å². The van der Waals surface area contributed by atoms with E-state index in [1.54, 1.807) is 4.72 Å². The monoisotopic (exact) mass is 321 g/mol. The second kappa shape index (κ2) is 5.79. The Hall–Kier alpha value is -1.98. The third-order valence-corrected chi connectivity index (χ3v) is 4.16. The third kappa shape index (κ3) is 3.37. The van der Waals surface area contributed by atoms with Crippen molar-refractivity contribution in [3.63, 3.8) is 0 Å². The molecule has 0 spiro atoms.